The highest BCUT2D eigenvalue weighted by Crippen LogP contribution is 2.59. The van der Waals surface area contributed by atoms with E-state index in [4.69, 9.17) is 14.5 Å². The van der Waals surface area contributed by atoms with Crippen molar-refractivity contribution in [2.75, 3.05) is 39.4 Å². The van der Waals surface area contributed by atoms with Crippen LogP contribution in [0.1, 0.15) is 53.8 Å². The molecular weight excluding hydrogens is 629 g/mol. The van der Waals surface area contributed by atoms with Crippen LogP contribution < -0.4 is 5.32 Å². The molecule has 244 valence electrons. The van der Waals surface area contributed by atoms with Crippen LogP contribution in [0.5, 0.6) is 0 Å². The number of thiophene rings is 1. The van der Waals surface area contributed by atoms with Crippen molar-refractivity contribution >= 4 is 46.7 Å². The number of rotatable bonds is 6. The number of carbonyl (C=O) groups excluding carboxylic acids is 3. The number of alkyl halides is 2. The maximum Gasteiger partial charge on any atom is 0.399 e. The summed E-state index contributed by atoms with van der Waals surface area (Å²) < 4.78 is 45.9. The van der Waals surface area contributed by atoms with Gasteiger partial charge in [0.25, 0.3) is 5.91 Å². The highest BCUT2D eigenvalue weighted by Gasteiger charge is 2.53. The summed E-state index contributed by atoms with van der Waals surface area (Å²) in [5.74, 6) is -0.0176. The van der Waals surface area contributed by atoms with Crippen molar-refractivity contribution in [2.45, 2.75) is 68.4 Å². The molecule has 7 rings (SSSR count). The average molecular weight is 667 g/mol. The third-order valence-electron chi connectivity index (χ3n) is 10.3. The Kier molecular flexibility index (Phi) is 8.06. The minimum atomic E-state index is -5.75. The van der Waals surface area contributed by atoms with Crippen LogP contribution >= 0.6 is 18.9 Å². The van der Waals surface area contributed by atoms with Gasteiger partial charge < -0.3 is 29.6 Å². The zero-order chi connectivity index (χ0) is 31.7. The van der Waals surface area contributed by atoms with Crippen molar-refractivity contribution < 1.29 is 42.3 Å². The third-order valence-corrected chi connectivity index (χ3v) is 12.4. The van der Waals surface area contributed by atoms with Crippen LogP contribution in [0.2, 0.25) is 0 Å². The largest absolute Gasteiger partial charge is 0.399 e. The van der Waals surface area contributed by atoms with Crippen LogP contribution in [-0.2, 0) is 24.6 Å². The first-order valence-corrected chi connectivity index (χ1v) is 18.0. The monoisotopic (exact) mass is 666 g/mol. The normalized spacial score (nSPS) is 31.0. The molecule has 5 fully saturated rings. The number of carbonyl (C=O) groups is 3. The molecule has 1 aliphatic carbocycles. The molecular formula is C30H37F2N4O7PS. The standard InChI is InChI=1S/C30H37F2N4O7PS/c31-30(32,44(40,41)42)20-1-4-25-19(12-20)15-26(45-25)27(37)33-23-14-18-11-17(18)13-21-2-3-24(36(21)28(23)38)29(39)35-6-5-22(16-35)34-7-9-43-10-8-34/h1,4,12,15,17-18,21-24H,2-3,5-11,13-14,16H2,(H,33,37)(H2,40,41,42)/t17-,18+,21-,22-,23+,24+/m1/s1. The molecule has 3 amide bonds. The molecule has 15 heteroatoms. The smallest absolute Gasteiger partial charge is 0.379 e. The first-order chi connectivity index (χ1) is 21.4. The lowest BCUT2D eigenvalue weighted by Gasteiger charge is -2.36. The van der Waals surface area contributed by atoms with Crippen molar-refractivity contribution in [2.24, 2.45) is 11.8 Å². The Morgan fingerprint density at radius 1 is 1.00 bits per heavy atom. The minimum absolute atomic E-state index is 0.0213. The minimum Gasteiger partial charge on any atom is -0.379 e. The Morgan fingerprint density at radius 2 is 1.76 bits per heavy atom. The molecule has 1 saturated carbocycles. The number of morpholine rings is 1. The topological polar surface area (TPSA) is 140 Å². The zero-order valence-corrected chi connectivity index (χ0v) is 26.4. The Bertz CT molecular complexity index is 1560. The van der Waals surface area contributed by atoms with Crippen molar-refractivity contribution in [3.05, 3.63) is 34.7 Å². The molecule has 0 radical (unpaired) electrons. The predicted molar refractivity (Wildman–Crippen MR) is 161 cm³/mol. The van der Waals surface area contributed by atoms with Gasteiger partial charge in [-0.25, -0.2) is 0 Å². The van der Waals surface area contributed by atoms with Crippen LogP contribution in [0.25, 0.3) is 10.1 Å². The van der Waals surface area contributed by atoms with Gasteiger partial charge in [0.2, 0.25) is 11.8 Å². The van der Waals surface area contributed by atoms with E-state index in [0.717, 1.165) is 62.2 Å². The number of hydrogen-bond acceptors (Lipinski definition) is 7. The molecule has 5 aliphatic rings. The van der Waals surface area contributed by atoms with E-state index in [2.05, 4.69) is 10.2 Å². The number of nitrogens with one attached hydrogen (secondary N) is 1. The molecule has 1 aromatic heterocycles. The van der Waals surface area contributed by atoms with E-state index in [1.807, 2.05) is 4.90 Å². The van der Waals surface area contributed by atoms with E-state index in [-0.39, 0.29) is 34.2 Å². The van der Waals surface area contributed by atoms with Crippen molar-refractivity contribution in [1.29, 1.82) is 0 Å². The van der Waals surface area contributed by atoms with E-state index in [1.54, 1.807) is 4.90 Å². The lowest BCUT2D eigenvalue weighted by atomic mass is 9.99. The lowest BCUT2D eigenvalue weighted by molar-refractivity contribution is -0.146. The fraction of sp³-hybridized carbons (Fsp3) is 0.633. The van der Waals surface area contributed by atoms with Crippen LogP contribution in [0.15, 0.2) is 24.3 Å². The molecule has 4 saturated heterocycles. The maximum atomic E-state index is 14.3. The van der Waals surface area contributed by atoms with Gasteiger partial charge in [0.15, 0.2) is 0 Å². The maximum absolute atomic E-state index is 14.3. The molecule has 0 spiro atoms. The van der Waals surface area contributed by atoms with Crippen LogP contribution in [0.4, 0.5) is 8.78 Å². The molecule has 2 aromatic rings. The second-order valence-electron chi connectivity index (χ2n) is 13.1. The SMILES string of the molecule is O=C(N[C@H]1C[C@@H]2C[C@@H]2C[C@H]2CC[C@@H](C(=O)N3CC[C@@H](N4CCOCC4)C3)N2C1=O)c1cc2cc(C(F)(F)P(=O)(O)O)ccc2s1. The van der Waals surface area contributed by atoms with Gasteiger partial charge in [-0.1, -0.05) is 6.07 Å². The summed E-state index contributed by atoms with van der Waals surface area (Å²) in [6, 6.07) is 3.49. The van der Waals surface area contributed by atoms with Gasteiger partial charge in [-0.05, 0) is 73.9 Å². The van der Waals surface area contributed by atoms with Crippen LogP contribution in [0.3, 0.4) is 0 Å². The summed E-state index contributed by atoms with van der Waals surface area (Å²) in [5, 5.41) is 3.14. The Morgan fingerprint density at radius 3 is 2.51 bits per heavy atom. The van der Waals surface area contributed by atoms with Gasteiger partial charge >= 0.3 is 13.3 Å². The summed E-state index contributed by atoms with van der Waals surface area (Å²) in [6.07, 6.45) is 4.58. The second kappa shape index (κ2) is 11.6. The van der Waals surface area contributed by atoms with E-state index in [0.29, 0.717) is 55.7 Å². The molecule has 4 aliphatic heterocycles. The van der Waals surface area contributed by atoms with E-state index < -0.39 is 36.8 Å². The number of fused-ring (bicyclic) bond motifs is 3. The summed E-state index contributed by atoms with van der Waals surface area (Å²) >= 11 is 1.05. The fourth-order valence-electron chi connectivity index (χ4n) is 7.76. The molecule has 45 heavy (non-hydrogen) atoms. The second-order valence-corrected chi connectivity index (χ2v) is 15.8. The number of nitrogens with zero attached hydrogens (tertiary/aromatic N) is 3. The molecule has 1 aromatic carbocycles. The number of ether oxygens (including phenoxy) is 1. The average Bonchev–Trinajstić information content (AvgIpc) is 3.40. The number of benzene rings is 1. The quantitative estimate of drug-likeness (QED) is 0.400. The number of likely N-dealkylation sites (tertiary alicyclic amines) is 1. The summed E-state index contributed by atoms with van der Waals surface area (Å²) in [7, 11) is -5.75. The highest BCUT2D eigenvalue weighted by atomic mass is 32.1. The Labute approximate surface area is 263 Å². The number of halogens is 2. The lowest BCUT2D eigenvalue weighted by Crippen LogP contribution is -2.57. The van der Waals surface area contributed by atoms with Crippen molar-refractivity contribution in [1.82, 2.24) is 20.0 Å². The van der Waals surface area contributed by atoms with Gasteiger partial charge in [0.05, 0.1) is 18.1 Å². The Hall–Kier alpha value is -2.48. The van der Waals surface area contributed by atoms with Gasteiger partial charge in [-0.15, -0.1) is 11.3 Å². The van der Waals surface area contributed by atoms with Crippen LogP contribution in [0, 0.1) is 11.8 Å². The van der Waals surface area contributed by atoms with Gasteiger partial charge in [0.1, 0.15) is 12.1 Å². The number of amides is 3. The van der Waals surface area contributed by atoms with Crippen molar-refractivity contribution in [3.8, 4) is 0 Å². The summed E-state index contributed by atoms with van der Waals surface area (Å²) in [6.45, 7) is 4.40. The van der Waals surface area contributed by atoms with E-state index in [9.17, 15) is 27.7 Å². The molecule has 6 atom stereocenters. The first-order valence-electron chi connectivity index (χ1n) is 15.6. The molecule has 0 bridgehead atoms. The highest BCUT2D eigenvalue weighted by molar-refractivity contribution is 7.52. The Balaban J connectivity index is 1.07. The summed E-state index contributed by atoms with van der Waals surface area (Å²) in [4.78, 5) is 65.9. The molecule has 5 heterocycles. The van der Waals surface area contributed by atoms with Crippen LogP contribution in [-0.4, -0.2) is 106 Å². The number of hydrogen-bond donors (Lipinski definition) is 3. The van der Waals surface area contributed by atoms with Crippen molar-refractivity contribution in [3.63, 3.8) is 0 Å². The molecule has 3 N–H and O–H groups in total. The van der Waals surface area contributed by atoms with Gasteiger partial charge in [-0.3, -0.25) is 23.8 Å². The van der Waals surface area contributed by atoms with E-state index >= 15 is 0 Å². The summed E-state index contributed by atoms with van der Waals surface area (Å²) in [5.41, 5.74) is -5.20. The van der Waals surface area contributed by atoms with Gasteiger partial charge in [-0.2, -0.15) is 8.78 Å². The molecule has 11 nitrogen and oxygen atoms in total. The fourth-order valence-corrected chi connectivity index (χ4v) is 9.19. The third kappa shape index (κ3) is 5.82. The zero-order valence-electron chi connectivity index (χ0n) is 24.6. The van der Waals surface area contributed by atoms with E-state index in [1.165, 1.54) is 12.1 Å². The predicted octanol–water partition coefficient (Wildman–Crippen LogP) is 2.95. The molecule has 0 unspecified atom stereocenters. The first kappa shape index (κ1) is 31.1. The van der Waals surface area contributed by atoms with Gasteiger partial charge in [0, 0.05) is 48.5 Å².